The molecule has 2 aromatic rings. The molecule has 1 unspecified atom stereocenters. The molecule has 1 aliphatic carbocycles. The van der Waals surface area contributed by atoms with Crippen LogP contribution in [-0.2, 0) is 29.5 Å². The van der Waals surface area contributed by atoms with Crippen LogP contribution in [0.1, 0.15) is 109 Å². The molecule has 0 aromatic heterocycles. The maximum atomic E-state index is 12.2. The van der Waals surface area contributed by atoms with Crippen LogP contribution in [0.5, 0.6) is 0 Å². The second kappa shape index (κ2) is 19.8. The summed E-state index contributed by atoms with van der Waals surface area (Å²) in [5, 5.41) is 18.9. The molecule has 12 nitrogen and oxygen atoms in total. The number of aliphatic carboxylic acids is 2. The Hall–Kier alpha value is -3.73. The summed E-state index contributed by atoms with van der Waals surface area (Å²) in [6.07, 6.45) is 16.0. The maximum Gasteiger partial charge on any atom is 0.485 e. The largest absolute Gasteiger partial charge is 0.567 e. The van der Waals surface area contributed by atoms with E-state index >= 15 is 0 Å². The molecule has 5 rings (SSSR count). The number of carboxylic acids is 2. The highest BCUT2D eigenvalue weighted by molar-refractivity contribution is 7.60. The van der Waals surface area contributed by atoms with E-state index in [9.17, 15) is 23.9 Å². The normalized spacial score (nSPS) is 18.9. The Bertz CT molecular complexity index is 2060. The van der Waals surface area contributed by atoms with Gasteiger partial charge in [-0.05, 0) is 104 Å². The van der Waals surface area contributed by atoms with Crippen molar-refractivity contribution in [3.63, 3.8) is 0 Å². The van der Waals surface area contributed by atoms with Crippen molar-refractivity contribution in [2.45, 2.75) is 109 Å². The molecule has 15 heteroatoms. The Kier molecular flexibility index (Phi) is 16.0. The highest BCUT2D eigenvalue weighted by Crippen LogP contribution is 2.49. The van der Waals surface area contributed by atoms with E-state index in [1.54, 1.807) is 12.1 Å². The van der Waals surface area contributed by atoms with Gasteiger partial charge in [0.2, 0.25) is 5.69 Å². The number of nitrogens with zero attached hydrogens (tertiary/aromatic N) is 2. The molecule has 1 atom stereocenters. The van der Waals surface area contributed by atoms with Gasteiger partial charge < -0.3 is 29.8 Å². The molecule has 308 valence electrons. The van der Waals surface area contributed by atoms with Gasteiger partial charge in [-0.1, -0.05) is 62.2 Å². The second-order valence-electron chi connectivity index (χ2n) is 15.6. The fourth-order valence-corrected chi connectivity index (χ4v) is 8.86. The molecule has 3 aliphatic rings. The molecule has 0 fully saturated rings. The fourth-order valence-electron chi connectivity index (χ4n) is 7.98. The number of anilines is 1. The number of benzene rings is 2. The Morgan fingerprint density at radius 3 is 2.16 bits per heavy atom. The van der Waals surface area contributed by atoms with Gasteiger partial charge in [-0.15, -0.1) is 0 Å². The van der Waals surface area contributed by atoms with Crippen LogP contribution in [0.2, 0.25) is 0 Å². The van der Waals surface area contributed by atoms with E-state index in [1.807, 2.05) is 0 Å². The van der Waals surface area contributed by atoms with E-state index < -0.39 is 33.2 Å². The summed E-state index contributed by atoms with van der Waals surface area (Å²) in [5.74, 6) is -1.56. The minimum atomic E-state index is -4.45. The smallest absolute Gasteiger partial charge is 0.485 e. The summed E-state index contributed by atoms with van der Waals surface area (Å²) in [6, 6.07) is 13.4. The molecule has 57 heavy (non-hydrogen) atoms. The summed E-state index contributed by atoms with van der Waals surface area (Å²) >= 11 is 7.18. The number of carbonyl (C=O) groups is 2. The number of carboxylic acid groups (broad SMARTS) is 2. The first kappa shape index (κ1) is 46.0. The lowest BCUT2D eigenvalue weighted by Crippen LogP contribution is -2.28. The van der Waals surface area contributed by atoms with E-state index in [2.05, 4.69) is 85.7 Å². The molecule has 2 aromatic carbocycles. The summed E-state index contributed by atoms with van der Waals surface area (Å²) in [4.78, 5) is 59.8. The maximum absolute atomic E-state index is 12.2. The molecule has 0 radical (unpaired) electrons. The molecular formula is C42H54ClN2O10P2+. The number of rotatable bonds is 16. The van der Waals surface area contributed by atoms with E-state index in [0.29, 0.717) is 19.4 Å². The Labute approximate surface area is 340 Å². The molecule has 0 bridgehead atoms. The highest BCUT2D eigenvalue weighted by atomic mass is 35.5. The number of para-hydroxylation sites is 1. The van der Waals surface area contributed by atoms with Gasteiger partial charge in [-0.3, -0.25) is 14.2 Å². The zero-order valence-corrected chi connectivity index (χ0v) is 35.5. The second-order valence-corrected chi connectivity index (χ2v) is 18.1. The summed E-state index contributed by atoms with van der Waals surface area (Å²) in [6.45, 7) is 10.1. The Morgan fingerprint density at radius 2 is 1.53 bits per heavy atom. The van der Waals surface area contributed by atoms with E-state index in [0.717, 1.165) is 84.6 Å². The molecule has 2 aliphatic heterocycles. The zero-order valence-electron chi connectivity index (χ0n) is 33.0. The van der Waals surface area contributed by atoms with Gasteiger partial charge >= 0.3 is 27.8 Å². The van der Waals surface area contributed by atoms with Crippen molar-refractivity contribution < 1.29 is 53.1 Å². The molecular weight excluding hydrogens is 790 g/mol. The predicted molar refractivity (Wildman–Crippen MR) is 222 cm³/mol. The third kappa shape index (κ3) is 11.7. The lowest BCUT2D eigenvalue weighted by Gasteiger charge is -2.27. The number of hydrogen-bond donors (Lipinski definition) is 5. The third-order valence-corrected chi connectivity index (χ3v) is 12.3. The van der Waals surface area contributed by atoms with E-state index in [4.69, 9.17) is 36.2 Å². The van der Waals surface area contributed by atoms with Crippen molar-refractivity contribution in [2.24, 2.45) is 0 Å². The van der Waals surface area contributed by atoms with Crippen LogP contribution in [0.25, 0.3) is 0 Å². The van der Waals surface area contributed by atoms with Crippen molar-refractivity contribution >= 4 is 61.8 Å². The first-order valence-electron chi connectivity index (χ1n) is 19.2. The molecule has 5 N–H and O–H groups in total. The van der Waals surface area contributed by atoms with Crippen molar-refractivity contribution in [3.05, 3.63) is 99.8 Å². The minimum Gasteiger partial charge on any atom is -0.567 e. The zero-order chi connectivity index (χ0) is 42.1. The van der Waals surface area contributed by atoms with E-state index in [-0.39, 0.29) is 23.6 Å². The predicted octanol–water partition coefficient (Wildman–Crippen LogP) is 7.99. The van der Waals surface area contributed by atoms with Crippen molar-refractivity contribution in [2.75, 3.05) is 18.0 Å². The number of unbranched alkanes of at least 4 members (excludes halogenated alkanes) is 4. The topological polar surface area (TPSA) is 199 Å². The standard InChI is InChI=1S/C42H52ClN2O7P.HO3P/c1-41(2)32-16-9-10-17-34(32)44(26-11-5-7-18-38(46)47)36(41)24-20-29-14-13-15-30(40(29)43)21-25-37-42(3,4)33-28-31(53(50,51)52)22-23-35(33)45(37)27-12-6-8-19-39(48)49;1-4(2)3/h9-10,16-17,20-25,28H,5-8,11-15,18-19,26-27H2,1-4H3,(H3-,46,47,48,49,50,51,52);(H,1,2,3)/p+1. The molecule has 0 spiro atoms. The van der Waals surface area contributed by atoms with Gasteiger partial charge in [-0.2, -0.15) is 9.47 Å². The van der Waals surface area contributed by atoms with Gasteiger partial charge in [0, 0.05) is 65.3 Å². The molecule has 2 heterocycles. The monoisotopic (exact) mass is 843 g/mol. The van der Waals surface area contributed by atoms with Gasteiger partial charge in [0.15, 0.2) is 5.71 Å². The van der Waals surface area contributed by atoms with Crippen LogP contribution in [0.4, 0.5) is 11.4 Å². The average molecular weight is 844 g/mol. The first-order valence-corrected chi connectivity index (χ1v) is 22.4. The lowest BCUT2D eigenvalue weighted by atomic mass is 9.81. The van der Waals surface area contributed by atoms with Crippen LogP contribution in [0, 0.1) is 0 Å². The first-order chi connectivity index (χ1) is 26.8. The molecule has 0 amide bonds. The highest BCUT2D eigenvalue weighted by Gasteiger charge is 2.44. The van der Waals surface area contributed by atoms with Crippen LogP contribution >= 0.6 is 27.5 Å². The van der Waals surface area contributed by atoms with Crippen LogP contribution < -0.4 is 15.1 Å². The van der Waals surface area contributed by atoms with Crippen molar-refractivity contribution in [1.82, 2.24) is 0 Å². The number of halogens is 1. The van der Waals surface area contributed by atoms with Gasteiger partial charge in [0.1, 0.15) is 6.54 Å². The third-order valence-electron chi connectivity index (χ3n) is 10.9. The number of fused-ring (bicyclic) bond motifs is 2. The van der Waals surface area contributed by atoms with Crippen LogP contribution in [0.15, 0.2) is 88.6 Å². The van der Waals surface area contributed by atoms with Gasteiger partial charge in [0.25, 0.3) is 0 Å². The molecule has 0 saturated carbocycles. The van der Waals surface area contributed by atoms with Crippen molar-refractivity contribution in [3.8, 4) is 0 Å². The summed E-state index contributed by atoms with van der Waals surface area (Å²) < 4.78 is 23.2. The van der Waals surface area contributed by atoms with E-state index in [1.165, 1.54) is 23.0 Å². The van der Waals surface area contributed by atoms with Gasteiger partial charge in [-0.25, -0.2) is 0 Å². The minimum absolute atomic E-state index is 0.0109. The number of allylic oxidation sites excluding steroid dienone is 8. The van der Waals surface area contributed by atoms with Crippen LogP contribution in [-0.4, -0.2) is 60.2 Å². The quantitative estimate of drug-likeness (QED) is 0.0624. The Morgan fingerprint density at radius 1 is 0.895 bits per heavy atom. The molecule has 0 saturated heterocycles. The Balaban J connectivity index is 0.00000172. The van der Waals surface area contributed by atoms with Crippen molar-refractivity contribution in [1.29, 1.82) is 0 Å². The van der Waals surface area contributed by atoms with Gasteiger partial charge in [0.05, 0.1) is 10.7 Å². The van der Waals surface area contributed by atoms with Crippen LogP contribution in [0.3, 0.4) is 0 Å². The SMILES string of the molecule is CC1(C)C(/C=C/C2=C(Cl)C(=C/C=C3/N(CCCCCC(=O)O)c4ccc(P(=O)(O)O)cc4C3(C)C)/CCC2)=[N+](CCCCCC(=O)O)c2ccccc21.O=[P+]([O-])O. The average Bonchev–Trinajstić information content (AvgIpc) is 3.47. The summed E-state index contributed by atoms with van der Waals surface area (Å²) in [7, 11) is -7.57. The number of hydrogen-bond acceptors (Lipinski definition) is 6. The fraction of sp³-hybridized carbons (Fsp3) is 0.452. The summed E-state index contributed by atoms with van der Waals surface area (Å²) in [5.41, 5.74) is 7.69. The lowest BCUT2D eigenvalue weighted by molar-refractivity contribution is -0.438.